The molecule has 3 aromatic carbocycles. The lowest BCUT2D eigenvalue weighted by Crippen LogP contribution is -2.41. The molecule has 0 spiro atoms. The summed E-state index contributed by atoms with van der Waals surface area (Å²) >= 11 is 0. The average molecular weight is 786 g/mol. The molecule has 7 rings (SSSR count). The highest BCUT2D eigenvalue weighted by Crippen LogP contribution is 2.30. The van der Waals surface area contributed by atoms with E-state index in [0.717, 1.165) is 92.5 Å². The lowest BCUT2D eigenvalue weighted by Gasteiger charge is -2.19. The highest BCUT2D eigenvalue weighted by atomic mass is 16.2. The second-order valence-corrected chi connectivity index (χ2v) is 14.8. The number of benzene rings is 3. The maximum Gasteiger partial charge on any atom is 0.247 e. The predicted octanol–water partition coefficient (Wildman–Crippen LogP) is 4.62. The van der Waals surface area contributed by atoms with E-state index in [9.17, 15) is 24.0 Å². The monoisotopic (exact) mass is 785 g/mol. The molecule has 3 aliphatic rings. The van der Waals surface area contributed by atoms with Gasteiger partial charge in [0.15, 0.2) is 0 Å². The van der Waals surface area contributed by atoms with Crippen LogP contribution in [0.15, 0.2) is 97.2 Å². The number of carbonyl (C=O) groups is 5. The zero-order valence-corrected chi connectivity index (χ0v) is 33.3. The van der Waals surface area contributed by atoms with E-state index in [4.69, 9.17) is 0 Å². The third-order valence-electron chi connectivity index (χ3n) is 9.96. The van der Waals surface area contributed by atoms with E-state index >= 15 is 0 Å². The first-order valence-corrected chi connectivity index (χ1v) is 20.3. The van der Waals surface area contributed by atoms with Crippen molar-refractivity contribution in [2.75, 3.05) is 26.7 Å². The summed E-state index contributed by atoms with van der Waals surface area (Å²) in [5.74, 6) is 7.28. The standard InChI is InChI=1S/C34H40N6O3.C6H9NO2.C6H6/c1-40-21-7-10-29(40)33(42)37-22-25-14-12-24(13-15-25)16-19-28-23-36-30(38-28)11-5-6-20-35-34(43)31(26-8-3-2-4-9-26)39-32(41)27-17-18-27;8-4-3-7-6(9)5-1-2-5;1-2-4-6-5-3-1/h2-4,8-9,12-15,23,27,29,31H,5-7,10-11,17-18,20-22H2,1H3,(H,35,43)(H,36,38)(H,37,42)(H,39,41);4-5H,1-3H2,(H,7,9);1-6H. The molecule has 4 aromatic rings. The highest BCUT2D eigenvalue weighted by molar-refractivity contribution is 5.90. The molecule has 1 saturated heterocycles. The summed E-state index contributed by atoms with van der Waals surface area (Å²) in [4.78, 5) is 67.9. The Bertz CT molecular complexity index is 1940. The van der Waals surface area contributed by atoms with Gasteiger partial charge in [-0.05, 0) is 94.1 Å². The van der Waals surface area contributed by atoms with Crippen molar-refractivity contribution in [3.05, 3.63) is 125 Å². The fourth-order valence-electron chi connectivity index (χ4n) is 6.25. The predicted molar refractivity (Wildman–Crippen MR) is 223 cm³/mol. The lowest BCUT2D eigenvalue weighted by atomic mass is 10.1. The van der Waals surface area contributed by atoms with Crippen LogP contribution in [0.4, 0.5) is 0 Å². The number of aromatic nitrogens is 2. The minimum Gasteiger partial charge on any atom is -0.354 e. The van der Waals surface area contributed by atoms with Crippen molar-refractivity contribution in [1.82, 2.24) is 36.1 Å². The quantitative estimate of drug-likeness (QED) is 0.0667. The number of aromatic amines is 1. The molecule has 0 radical (unpaired) electrons. The number of carbonyl (C=O) groups excluding carboxylic acids is 5. The molecular formula is C46H55N7O5. The number of aldehydes is 1. The number of hydrogen-bond acceptors (Lipinski definition) is 7. The SMILES string of the molecule is CN1CCCC1C(=O)NCc1ccc(C#Cc2cnc(CCCCNC(=O)C(NC(=O)C3CC3)c3ccccc3)[nH]2)cc1.O=CCNC(=O)C1CC1.c1ccccc1. The van der Waals surface area contributed by atoms with E-state index in [0.29, 0.717) is 19.4 Å². The van der Waals surface area contributed by atoms with Crippen molar-refractivity contribution < 1.29 is 24.0 Å². The molecule has 2 unspecified atom stereocenters. The third kappa shape index (κ3) is 15.1. The van der Waals surface area contributed by atoms with Gasteiger partial charge in [-0.3, -0.25) is 24.1 Å². The molecule has 1 aliphatic heterocycles. The van der Waals surface area contributed by atoms with Crippen molar-refractivity contribution in [2.24, 2.45) is 11.8 Å². The Morgan fingerprint density at radius 1 is 0.793 bits per heavy atom. The number of aryl methyl sites for hydroxylation is 1. The second kappa shape index (κ2) is 23.2. The summed E-state index contributed by atoms with van der Waals surface area (Å²) in [6, 6.07) is 28.6. The summed E-state index contributed by atoms with van der Waals surface area (Å²) in [6.45, 7) is 2.17. The van der Waals surface area contributed by atoms with Crippen LogP contribution in [0.3, 0.4) is 0 Å². The minimum absolute atomic E-state index is 0.0186. The third-order valence-corrected chi connectivity index (χ3v) is 9.96. The van der Waals surface area contributed by atoms with Crippen LogP contribution < -0.4 is 21.3 Å². The number of imidazole rings is 1. The maximum absolute atomic E-state index is 12.9. The molecule has 1 aromatic heterocycles. The van der Waals surface area contributed by atoms with Crippen molar-refractivity contribution in [3.63, 3.8) is 0 Å². The van der Waals surface area contributed by atoms with Gasteiger partial charge in [0, 0.05) is 36.9 Å². The van der Waals surface area contributed by atoms with Gasteiger partial charge in [0.25, 0.3) is 0 Å². The molecule has 2 atom stereocenters. The highest BCUT2D eigenvalue weighted by Gasteiger charge is 2.33. The number of nitrogens with one attached hydrogen (secondary N) is 5. The van der Waals surface area contributed by atoms with E-state index < -0.39 is 6.04 Å². The van der Waals surface area contributed by atoms with E-state index in [-0.39, 0.29) is 48.1 Å². The zero-order chi connectivity index (χ0) is 41.0. The van der Waals surface area contributed by atoms with Gasteiger partial charge in [-0.1, -0.05) is 84.8 Å². The Hall–Kier alpha value is -6.06. The van der Waals surface area contributed by atoms with Crippen LogP contribution in [-0.4, -0.2) is 77.5 Å². The largest absolute Gasteiger partial charge is 0.354 e. The first kappa shape index (κ1) is 43.1. The lowest BCUT2D eigenvalue weighted by molar-refractivity contribution is -0.129. The van der Waals surface area contributed by atoms with Crippen molar-refractivity contribution >= 4 is 29.9 Å². The van der Waals surface area contributed by atoms with Crippen LogP contribution in [-0.2, 0) is 36.9 Å². The van der Waals surface area contributed by atoms with E-state index in [1.165, 1.54) is 0 Å². The van der Waals surface area contributed by atoms with Crippen molar-refractivity contribution in [1.29, 1.82) is 0 Å². The van der Waals surface area contributed by atoms with Crippen LogP contribution >= 0.6 is 0 Å². The normalized spacial score (nSPS) is 16.1. The molecule has 3 fully saturated rings. The molecule has 2 heterocycles. The number of H-pyrrole nitrogens is 1. The van der Waals surface area contributed by atoms with E-state index in [1.807, 2.05) is 98.0 Å². The molecule has 12 nitrogen and oxygen atoms in total. The number of hydrogen-bond donors (Lipinski definition) is 5. The Labute approximate surface area is 341 Å². The molecule has 2 saturated carbocycles. The summed E-state index contributed by atoms with van der Waals surface area (Å²) < 4.78 is 0. The molecule has 2 aliphatic carbocycles. The Morgan fingerprint density at radius 2 is 1.45 bits per heavy atom. The Morgan fingerprint density at radius 3 is 2.07 bits per heavy atom. The fraction of sp³-hybridized carbons (Fsp3) is 0.391. The van der Waals surface area contributed by atoms with Gasteiger partial charge in [0.2, 0.25) is 23.6 Å². The summed E-state index contributed by atoms with van der Waals surface area (Å²) in [6.07, 6.45) is 10.6. The van der Waals surface area contributed by atoms with Crippen LogP contribution in [0.2, 0.25) is 0 Å². The van der Waals surface area contributed by atoms with Gasteiger partial charge in [0.1, 0.15) is 23.8 Å². The first-order chi connectivity index (χ1) is 28.3. The Kier molecular flexibility index (Phi) is 17.3. The molecule has 5 N–H and O–H groups in total. The van der Waals surface area contributed by atoms with E-state index in [1.54, 1.807) is 6.20 Å². The fourth-order valence-corrected chi connectivity index (χ4v) is 6.25. The van der Waals surface area contributed by atoms with Gasteiger partial charge >= 0.3 is 0 Å². The molecule has 4 amide bonds. The topological polar surface area (TPSA) is 165 Å². The van der Waals surface area contributed by atoms with Gasteiger partial charge in [-0.15, -0.1) is 0 Å². The van der Waals surface area contributed by atoms with Crippen LogP contribution in [0, 0.1) is 23.7 Å². The number of rotatable bonds is 15. The Balaban J connectivity index is 0.000000355. The smallest absolute Gasteiger partial charge is 0.247 e. The summed E-state index contributed by atoms with van der Waals surface area (Å²) in [5, 5.41) is 11.4. The van der Waals surface area contributed by atoms with Gasteiger partial charge in [-0.2, -0.15) is 0 Å². The van der Waals surface area contributed by atoms with Crippen molar-refractivity contribution in [3.8, 4) is 11.8 Å². The van der Waals surface area contributed by atoms with Gasteiger partial charge in [-0.25, -0.2) is 4.98 Å². The van der Waals surface area contributed by atoms with Gasteiger partial charge < -0.3 is 31.0 Å². The zero-order valence-electron chi connectivity index (χ0n) is 33.3. The number of unbranched alkanes of at least 4 members (excludes halogenated alkanes) is 1. The number of likely N-dealkylation sites (tertiary alicyclic amines) is 1. The average Bonchev–Trinajstić information content (AvgIpc) is 4.20. The molecule has 58 heavy (non-hydrogen) atoms. The second-order valence-electron chi connectivity index (χ2n) is 14.8. The van der Waals surface area contributed by atoms with Crippen LogP contribution in [0.5, 0.6) is 0 Å². The number of amides is 4. The minimum atomic E-state index is -0.679. The van der Waals surface area contributed by atoms with Crippen molar-refractivity contribution in [2.45, 2.75) is 76.4 Å². The summed E-state index contributed by atoms with van der Waals surface area (Å²) in [7, 11) is 2.00. The number of nitrogens with zero attached hydrogens (tertiary/aromatic N) is 2. The molecule has 0 bridgehead atoms. The molecule has 304 valence electrons. The van der Waals surface area contributed by atoms with Crippen LogP contribution in [0.25, 0.3) is 0 Å². The molecular weight excluding hydrogens is 731 g/mol. The maximum atomic E-state index is 12.9. The number of likely N-dealkylation sites (N-methyl/N-ethyl adjacent to an activating group) is 1. The van der Waals surface area contributed by atoms with E-state index in [2.05, 4.69) is 48.0 Å². The van der Waals surface area contributed by atoms with Gasteiger partial charge in [0.05, 0.1) is 18.8 Å². The first-order valence-electron chi connectivity index (χ1n) is 20.3. The summed E-state index contributed by atoms with van der Waals surface area (Å²) in [5.41, 5.74) is 3.46. The van der Waals surface area contributed by atoms with Crippen LogP contribution in [0.1, 0.15) is 85.6 Å². The molecule has 12 heteroatoms.